The predicted octanol–water partition coefficient (Wildman–Crippen LogP) is 2.66. The number of hydrogen-bond donors (Lipinski definition) is 19. The van der Waals surface area contributed by atoms with Crippen LogP contribution in [0, 0.1) is 36.5 Å². The molecule has 7 heterocycles. The number of aryl methyl sites for hydroxylation is 1. The fraction of sp³-hybridized carbons (Fsp3) is 0.488. The van der Waals surface area contributed by atoms with Crippen molar-refractivity contribution in [2.24, 2.45) is 35.3 Å². The lowest BCUT2D eigenvalue weighted by atomic mass is 9.54. The van der Waals surface area contributed by atoms with Crippen molar-refractivity contribution in [1.29, 1.82) is 0 Å². The first kappa shape index (κ1) is 90.7. The number of fused-ring (bicyclic) bond motifs is 15. The Bertz CT molecular complexity index is 5210. The summed E-state index contributed by atoms with van der Waals surface area (Å²) in [6, 6.07) is 4.71. The lowest BCUT2D eigenvalue weighted by Gasteiger charge is -2.54. The molecule has 4 saturated carbocycles. The van der Waals surface area contributed by atoms with Gasteiger partial charge in [-0.05, 0) is 208 Å². The quantitative estimate of drug-likeness (QED) is 0.0489. The third-order valence-electron chi connectivity index (χ3n) is 24.5. The van der Waals surface area contributed by atoms with Gasteiger partial charge in [0.2, 0.25) is 59.3 Å². The molecule has 6 aromatic carbocycles. The Morgan fingerprint density at radius 3 is 1.97 bits per heavy atom. The summed E-state index contributed by atoms with van der Waals surface area (Å²) in [6.07, 6.45) is -14.7. The minimum Gasteiger partial charge on any atom is -0.508 e. The fourth-order valence-corrected chi connectivity index (χ4v) is 19.5. The molecule has 672 valence electrons. The number of hydrogen-bond acceptors (Lipinski definition) is 29. The summed E-state index contributed by atoms with van der Waals surface area (Å²) >= 11 is 7.29. The number of likely N-dealkylation sites (N-methyl/N-ethyl adjacent to an activating group) is 1. The maximum Gasteiger partial charge on any atom is 0.264 e. The highest BCUT2D eigenvalue weighted by Crippen LogP contribution is 2.55. The number of aliphatic hydroxyl groups is 6. The third-order valence-corrected chi connectivity index (χ3v) is 26.2. The number of aliphatic hydroxyl groups excluding tert-OH is 6. The third kappa shape index (κ3) is 19.4. The van der Waals surface area contributed by atoms with Crippen LogP contribution in [-0.4, -0.2) is 221 Å². The van der Waals surface area contributed by atoms with E-state index in [1.54, 1.807) is 0 Å². The lowest BCUT2D eigenvalue weighted by Crippen LogP contribution is -2.64. The van der Waals surface area contributed by atoms with E-state index >= 15 is 28.8 Å². The Morgan fingerprint density at radius 2 is 1.33 bits per heavy atom. The predicted molar refractivity (Wildman–Crippen MR) is 440 cm³/mol. The van der Waals surface area contributed by atoms with Gasteiger partial charge in [-0.15, -0.1) is 0 Å². The summed E-state index contributed by atoms with van der Waals surface area (Å²) in [5.74, 6) is -13.7. The molecular formula is C86H103ClN10O27S. The number of sulfonamides is 1. The van der Waals surface area contributed by atoms with Gasteiger partial charge in [-0.2, -0.15) is 0 Å². The van der Waals surface area contributed by atoms with Crippen molar-refractivity contribution in [3.8, 4) is 62.9 Å². The van der Waals surface area contributed by atoms with Crippen molar-refractivity contribution < 1.29 is 131 Å². The summed E-state index contributed by atoms with van der Waals surface area (Å²) in [5, 5.41) is 128. The second-order valence-electron chi connectivity index (χ2n) is 34.1. The first-order valence-electron chi connectivity index (χ1n) is 41.2. The van der Waals surface area contributed by atoms with Crippen LogP contribution in [0.3, 0.4) is 0 Å². The molecule has 20 N–H and O–H groups in total. The number of carbonyl (C=O) groups is 8. The fourth-order valence-electron chi connectivity index (χ4n) is 18.3. The number of methoxy groups -OCH3 is 1. The standard InChI is InChI=1S/C86H103ClN10O27S/c1-36(2)20-53(89-6)78(108)95-69-71(103)42-9-16-57(37(3)21-42)120-59-29-46-30-60(75(59)124-85-76(74(106)73(105)61(35-98)122-85)123-63-34-86(5,88)77(107)38(4)119-63)121-58-17-10-43(28-52(58)87)72(104)70-84(114)94-68(82(112)91-65-44-23-39-22-40(25-44)26-45(65)24-39)51-31-47(99)32-56(101)64(51)50-27-41(8-15-55(50)100)66(80(110)96-70)93-81(111)67(46)92-79(109)54(90-83(69)113)33-62(102)97-125(115,116)49-13-11-48(12-14-49)118-19-18-117-7/h8-17,21,27-32,36,38-40,44-45,53-54,61,63,65-74,76-77,85,89,98-101,103-107H,18-20,22-26,33-35,88H2,1-7H3,(H,90,113)(H,91,112)(H,92,109)(H,93,111)(H,94,114)(H,95,108)(H,96,110)(H,97,102)/t38-,39?,40?,44?,45?,53+,54-,61+,63-,65?,66+,67+,68-,69+,70-,71+,72+,73+,74-,76+,77+,85-,86-/m0/s1. The number of phenolic OH excluding ortho intramolecular Hbond substituents is 3. The zero-order valence-corrected chi connectivity index (χ0v) is 70.7. The molecule has 37 nitrogen and oxygen atoms in total. The molecule has 39 heteroatoms. The minimum absolute atomic E-state index is 0.0476. The van der Waals surface area contributed by atoms with Crippen molar-refractivity contribution in [2.75, 3.05) is 34.0 Å². The molecule has 0 unspecified atom stereocenters. The van der Waals surface area contributed by atoms with Crippen LogP contribution in [-0.2, 0) is 67.3 Å². The zero-order valence-electron chi connectivity index (χ0n) is 69.1. The van der Waals surface area contributed by atoms with Crippen LogP contribution >= 0.6 is 11.6 Å². The van der Waals surface area contributed by atoms with E-state index in [2.05, 4.69) is 42.5 Å². The Balaban J connectivity index is 0.968. The maximum absolute atomic E-state index is 16.7. The van der Waals surface area contributed by atoms with Crippen LogP contribution in [0.25, 0.3) is 11.1 Å². The van der Waals surface area contributed by atoms with Crippen LogP contribution in [0.1, 0.15) is 143 Å². The number of ether oxygens (including phenoxy) is 8. The first-order valence-corrected chi connectivity index (χ1v) is 43.1. The second-order valence-corrected chi connectivity index (χ2v) is 36.1. The number of benzene rings is 6. The van der Waals surface area contributed by atoms with Crippen molar-refractivity contribution in [3.05, 3.63) is 142 Å². The molecule has 7 aliphatic heterocycles. The zero-order chi connectivity index (χ0) is 89.7. The molecule has 18 atom stereocenters. The van der Waals surface area contributed by atoms with Crippen LogP contribution in [0.2, 0.25) is 5.02 Å². The van der Waals surface area contributed by atoms with E-state index in [1.807, 2.05) is 18.6 Å². The average Bonchev–Trinajstić information content (AvgIpc) is 0.792. The monoisotopic (exact) mass is 1770 g/mol. The van der Waals surface area contributed by atoms with E-state index < -0.39 is 236 Å². The lowest BCUT2D eigenvalue weighted by molar-refractivity contribution is -0.333. The molecule has 17 rings (SSSR count). The van der Waals surface area contributed by atoms with Gasteiger partial charge in [-0.1, -0.05) is 43.6 Å². The first-order chi connectivity index (χ1) is 59.4. The molecule has 125 heavy (non-hydrogen) atoms. The van der Waals surface area contributed by atoms with Gasteiger partial charge in [0.15, 0.2) is 23.9 Å². The molecule has 6 fully saturated rings. The minimum atomic E-state index is -4.93. The number of aromatic hydroxyl groups is 3. The van der Waals surface area contributed by atoms with Crippen LogP contribution in [0.4, 0.5) is 0 Å². The highest BCUT2D eigenvalue weighted by molar-refractivity contribution is 7.90. The topological polar surface area (TPSA) is 561 Å². The number of nitrogens with two attached hydrogens (primary N) is 1. The van der Waals surface area contributed by atoms with E-state index in [0.717, 1.165) is 92.8 Å². The normalized spacial score (nSPS) is 30.5. The molecule has 6 aromatic rings. The van der Waals surface area contributed by atoms with E-state index in [-0.39, 0.29) is 100 Å². The van der Waals surface area contributed by atoms with Crippen LogP contribution < -0.4 is 71.9 Å². The summed E-state index contributed by atoms with van der Waals surface area (Å²) in [5.41, 5.74) is 3.06. The number of phenols is 3. The Labute approximate surface area is 723 Å². The van der Waals surface area contributed by atoms with Crippen molar-refractivity contribution in [1.82, 2.24) is 47.3 Å². The molecule has 4 aliphatic carbocycles. The number of halogens is 1. The number of nitrogens with one attached hydrogen (secondary N) is 9. The summed E-state index contributed by atoms with van der Waals surface area (Å²) in [6.45, 7) is 7.39. The number of carbonyl (C=O) groups excluding carboxylic acids is 8. The Kier molecular flexibility index (Phi) is 27.0. The van der Waals surface area contributed by atoms with Gasteiger partial charge in [0, 0.05) is 42.3 Å². The molecule has 0 spiro atoms. The van der Waals surface area contributed by atoms with Gasteiger partial charge in [0.25, 0.3) is 10.0 Å². The molecular weight excluding hydrogens is 1670 g/mol. The Hall–Kier alpha value is -10.6. The molecule has 15 bridgehead atoms. The largest absolute Gasteiger partial charge is 0.508 e. The van der Waals surface area contributed by atoms with E-state index in [0.29, 0.717) is 11.8 Å². The highest BCUT2D eigenvalue weighted by atomic mass is 35.5. The van der Waals surface area contributed by atoms with Crippen molar-refractivity contribution >= 4 is 68.9 Å². The number of amides is 8. The number of rotatable bonds is 20. The SMILES string of the molecule is CN[C@H](CC(C)C)C(=O)N[C@H]1C(=O)N[C@@H](CC(=O)NS(=O)(=O)c2ccc(OCCOC)cc2)C(=O)N[C@H]2C(=O)N[C@H]3C(=O)N[C@H](C(=O)N[C@H](C(=O)NC4C5CC6CC(C5)CC4C6)c4cc(O)cc(O)c4-c4cc3ccc4O)[C@H](O)c3ccc(c(Cl)c3)Oc3cc2cc(c3O[C@@H]2O[C@H](CO)[C@@H](O)[C@H](O)[C@H]2O[C@H]2C[C@](C)(N)[C@H](O)[C@H](C)O2)Oc2ccc(cc2C)[C@H]1O. The average molecular weight is 1780 g/mol. The van der Waals surface area contributed by atoms with Crippen LogP contribution in [0.5, 0.6) is 51.7 Å². The van der Waals surface area contributed by atoms with Crippen molar-refractivity contribution in [3.63, 3.8) is 0 Å². The summed E-state index contributed by atoms with van der Waals surface area (Å²) in [7, 11) is -2.02. The van der Waals surface area contributed by atoms with Gasteiger partial charge in [0.05, 0.1) is 47.8 Å². The van der Waals surface area contributed by atoms with Gasteiger partial charge < -0.3 is 132 Å². The van der Waals surface area contributed by atoms with Crippen LogP contribution in [0.15, 0.2) is 108 Å². The Morgan fingerprint density at radius 1 is 0.688 bits per heavy atom. The molecule has 2 saturated heterocycles. The van der Waals surface area contributed by atoms with Gasteiger partial charge >= 0.3 is 0 Å². The maximum atomic E-state index is 16.7. The van der Waals surface area contributed by atoms with E-state index in [9.17, 15) is 64.0 Å². The van der Waals surface area contributed by atoms with Gasteiger partial charge in [-0.25, -0.2) is 13.1 Å². The summed E-state index contributed by atoms with van der Waals surface area (Å²) < 4.78 is 80.3. The van der Waals surface area contributed by atoms with Gasteiger partial charge in [0.1, 0.15) is 108 Å². The van der Waals surface area contributed by atoms with Crippen molar-refractivity contribution in [2.45, 2.75) is 206 Å². The highest BCUT2D eigenvalue weighted by Gasteiger charge is 2.53. The smallest absolute Gasteiger partial charge is 0.264 e. The molecule has 11 aliphatic rings. The molecule has 0 radical (unpaired) electrons. The molecule has 8 amide bonds. The molecule has 0 aromatic heterocycles. The summed E-state index contributed by atoms with van der Waals surface area (Å²) in [4.78, 5) is 125. The van der Waals surface area contributed by atoms with E-state index in [1.165, 1.54) is 77.4 Å². The van der Waals surface area contributed by atoms with E-state index in [4.69, 9.17) is 55.2 Å². The van der Waals surface area contributed by atoms with Gasteiger partial charge in [-0.3, -0.25) is 38.4 Å². The second kappa shape index (κ2) is 37.2.